The summed E-state index contributed by atoms with van der Waals surface area (Å²) in [7, 11) is 0. The summed E-state index contributed by atoms with van der Waals surface area (Å²) >= 11 is 0. The molecule has 5 aromatic carbocycles. The van der Waals surface area contributed by atoms with Crippen LogP contribution in [0.25, 0.3) is 66.2 Å². The van der Waals surface area contributed by atoms with Crippen LogP contribution in [-0.4, -0.2) is 19.2 Å². The van der Waals surface area contributed by atoms with Crippen molar-refractivity contribution in [1.82, 2.24) is 19.2 Å². The van der Waals surface area contributed by atoms with Gasteiger partial charge in [0.05, 0.1) is 16.6 Å². The zero-order valence-corrected chi connectivity index (χ0v) is 25.8. The predicted octanol–water partition coefficient (Wildman–Crippen LogP) is 10.8. The van der Waals surface area contributed by atoms with Gasteiger partial charge in [-0.05, 0) is 95.8 Å². The van der Waals surface area contributed by atoms with Gasteiger partial charge >= 0.3 is 0 Å². The Morgan fingerprint density at radius 3 is 1.73 bits per heavy atom. The molecule has 0 aliphatic carbocycles. The first-order valence-corrected chi connectivity index (χ1v) is 15.9. The summed E-state index contributed by atoms with van der Waals surface area (Å²) in [5.41, 5.74) is 9.48. The number of pyridine rings is 1. The first kappa shape index (κ1) is 26.7. The van der Waals surface area contributed by atoms with Crippen LogP contribution in [-0.2, 0) is 0 Å². The van der Waals surface area contributed by atoms with Crippen LogP contribution < -0.4 is 0 Å². The number of fused-ring (bicyclic) bond motifs is 9. The molecule has 216 valence electrons. The fraction of sp³-hybridized carbons (Fsp3) is 0.200. The van der Waals surface area contributed by atoms with Crippen molar-refractivity contribution < 1.29 is 0 Å². The Bertz CT molecular complexity index is 2270. The second kappa shape index (κ2) is 10.3. The average molecular weight is 573 g/mol. The van der Waals surface area contributed by atoms with E-state index in [1.54, 1.807) is 0 Å². The quantitative estimate of drug-likeness (QED) is 0.186. The monoisotopic (exact) mass is 572 g/mol. The van der Waals surface area contributed by atoms with E-state index < -0.39 is 0 Å². The van der Waals surface area contributed by atoms with Gasteiger partial charge in [0.1, 0.15) is 0 Å². The Morgan fingerprint density at radius 1 is 0.545 bits per heavy atom. The summed E-state index contributed by atoms with van der Waals surface area (Å²) < 4.78 is 4.63. The van der Waals surface area contributed by atoms with E-state index in [0.717, 1.165) is 46.5 Å². The maximum atomic E-state index is 4.73. The molecule has 0 saturated heterocycles. The molecule has 2 unspecified atom stereocenters. The van der Waals surface area contributed by atoms with E-state index in [1.165, 1.54) is 43.7 Å². The molecule has 0 radical (unpaired) electrons. The van der Waals surface area contributed by atoms with Crippen LogP contribution in [0.4, 0.5) is 0 Å². The summed E-state index contributed by atoms with van der Waals surface area (Å²) in [4.78, 5) is 0. The lowest BCUT2D eigenvalue weighted by Crippen LogP contribution is -1.97. The van der Waals surface area contributed by atoms with Gasteiger partial charge in [-0.15, -0.1) is 10.2 Å². The minimum atomic E-state index is 0.529. The lowest BCUT2D eigenvalue weighted by Gasteiger charge is -2.12. The van der Waals surface area contributed by atoms with Crippen LogP contribution in [0.2, 0.25) is 0 Å². The molecule has 2 atom stereocenters. The van der Waals surface area contributed by atoms with Gasteiger partial charge in [-0.3, -0.25) is 4.40 Å². The zero-order chi connectivity index (χ0) is 29.9. The Morgan fingerprint density at radius 2 is 1.11 bits per heavy atom. The van der Waals surface area contributed by atoms with Gasteiger partial charge in [0.2, 0.25) is 0 Å². The molecule has 4 nitrogen and oxygen atoms in total. The standard InChI is InChI=1S/C40H36N4/c1-5-25(3)28-17-21-37-34(23-28)35-24-29(26(4)6-2)18-22-38(35)43(37)30-19-15-27(16-20-30)39-41-42-40-33-13-8-7-11-31(33)32-12-9-10-14-36(32)44(39)40/h7-26H,5-6H2,1-4H3. The van der Waals surface area contributed by atoms with E-state index in [1.807, 2.05) is 0 Å². The van der Waals surface area contributed by atoms with E-state index in [-0.39, 0.29) is 0 Å². The molecule has 3 aromatic heterocycles. The third-order valence-electron chi connectivity index (χ3n) is 9.83. The molecule has 8 rings (SSSR count). The second-order valence-corrected chi connectivity index (χ2v) is 12.3. The Balaban J connectivity index is 1.31. The lowest BCUT2D eigenvalue weighted by atomic mass is 9.95. The van der Waals surface area contributed by atoms with Gasteiger partial charge in [0, 0.05) is 32.8 Å². The molecule has 3 heterocycles. The van der Waals surface area contributed by atoms with Gasteiger partial charge < -0.3 is 4.57 Å². The van der Waals surface area contributed by atoms with Crippen LogP contribution in [0.5, 0.6) is 0 Å². The first-order chi connectivity index (χ1) is 21.6. The van der Waals surface area contributed by atoms with Crippen LogP contribution in [0.3, 0.4) is 0 Å². The van der Waals surface area contributed by atoms with E-state index >= 15 is 0 Å². The molecule has 0 amide bonds. The number of para-hydroxylation sites is 1. The van der Waals surface area contributed by atoms with E-state index in [0.29, 0.717) is 11.8 Å². The largest absolute Gasteiger partial charge is 0.309 e. The van der Waals surface area contributed by atoms with Gasteiger partial charge in [-0.25, -0.2) is 0 Å². The van der Waals surface area contributed by atoms with Crippen molar-refractivity contribution in [2.45, 2.75) is 52.4 Å². The van der Waals surface area contributed by atoms with E-state index in [2.05, 4.69) is 146 Å². The maximum absolute atomic E-state index is 4.73. The fourth-order valence-corrected chi connectivity index (χ4v) is 6.86. The maximum Gasteiger partial charge on any atom is 0.169 e. The highest BCUT2D eigenvalue weighted by molar-refractivity contribution is 6.12. The van der Waals surface area contributed by atoms with Crippen LogP contribution in [0.1, 0.15) is 63.5 Å². The molecule has 44 heavy (non-hydrogen) atoms. The molecule has 4 heteroatoms. The zero-order valence-electron chi connectivity index (χ0n) is 25.8. The Labute approximate surface area is 257 Å². The Kier molecular flexibility index (Phi) is 6.26. The SMILES string of the molecule is CCC(C)c1ccc2c(c1)c1cc(C(C)CC)ccc1n2-c1ccc(-c2nnc3c4ccccc4c4ccccc4n23)cc1. The molecule has 8 aromatic rings. The second-order valence-electron chi connectivity index (χ2n) is 12.3. The molecule has 0 fully saturated rings. The van der Waals surface area contributed by atoms with Gasteiger partial charge in [0.25, 0.3) is 0 Å². The van der Waals surface area contributed by atoms with Crippen LogP contribution in [0, 0.1) is 0 Å². The topological polar surface area (TPSA) is 35.1 Å². The molecular weight excluding hydrogens is 536 g/mol. The van der Waals surface area contributed by atoms with E-state index in [4.69, 9.17) is 10.2 Å². The third kappa shape index (κ3) is 3.97. The lowest BCUT2D eigenvalue weighted by molar-refractivity contribution is 0.734. The number of aromatic nitrogens is 4. The molecule has 0 aliphatic heterocycles. The minimum absolute atomic E-state index is 0.529. The van der Waals surface area contributed by atoms with Crippen molar-refractivity contribution in [1.29, 1.82) is 0 Å². The number of hydrogen-bond acceptors (Lipinski definition) is 2. The van der Waals surface area contributed by atoms with Crippen molar-refractivity contribution >= 4 is 49.1 Å². The normalized spacial score (nSPS) is 13.5. The van der Waals surface area contributed by atoms with Gasteiger partial charge in [-0.1, -0.05) is 82.3 Å². The number of rotatable bonds is 6. The summed E-state index contributed by atoms with van der Waals surface area (Å²) in [6.45, 7) is 9.18. The number of benzene rings is 5. The van der Waals surface area contributed by atoms with Gasteiger partial charge in [-0.2, -0.15) is 0 Å². The summed E-state index contributed by atoms with van der Waals surface area (Å²) in [6, 6.07) is 39.9. The van der Waals surface area contributed by atoms with Crippen molar-refractivity contribution in [2.75, 3.05) is 0 Å². The molecule has 0 spiro atoms. The van der Waals surface area contributed by atoms with Crippen molar-refractivity contribution in [3.8, 4) is 17.1 Å². The van der Waals surface area contributed by atoms with Crippen molar-refractivity contribution in [3.63, 3.8) is 0 Å². The average Bonchev–Trinajstić information content (AvgIpc) is 3.67. The molecule has 0 saturated carbocycles. The smallest absolute Gasteiger partial charge is 0.169 e. The molecule has 0 aliphatic rings. The van der Waals surface area contributed by atoms with E-state index in [9.17, 15) is 0 Å². The summed E-state index contributed by atoms with van der Waals surface area (Å²) in [5, 5.41) is 15.6. The fourth-order valence-electron chi connectivity index (χ4n) is 6.86. The summed E-state index contributed by atoms with van der Waals surface area (Å²) in [5.74, 6) is 1.91. The molecule has 0 N–H and O–H groups in total. The van der Waals surface area contributed by atoms with Crippen LogP contribution >= 0.6 is 0 Å². The first-order valence-electron chi connectivity index (χ1n) is 15.9. The number of hydrogen-bond donors (Lipinski definition) is 0. The predicted molar refractivity (Wildman–Crippen MR) is 185 cm³/mol. The van der Waals surface area contributed by atoms with Crippen molar-refractivity contribution in [3.05, 3.63) is 120 Å². The third-order valence-corrected chi connectivity index (χ3v) is 9.83. The molecular formula is C40H36N4. The van der Waals surface area contributed by atoms with Crippen molar-refractivity contribution in [2.24, 2.45) is 0 Å². The highest BCUT2D eigenvalue weighted by Gasteiger charge is 2.18. The highest BCUT2D eigenvalue weighted by Crippen LogP contribution is 2.37. The highest BCUT2D eigenvalue weighted by atomic mass is 15.2. The van der Waals surface area contributed by atoms with Crippen LogP contribution in [0.15, 0.2) is 109 Å². The summed E-state index contributed by atoms with van der Waals surface area (Å²) in [6.07, 6.45) is 2.26. The Hall–Kier alpha value is -4.96. The molecule has 0 bridgehead atoms. The van der Waals surface area contributed by atoms with Gasteiger partial charge in [0.15, 0.2) is 11.5 Å². The minimum Gasteiger partial charge on any atom is -0.309 e. The number of nitrogens with zero attached hydrogens (tertiary/aromatic N) is 4.